The van der Waals surface area contributed by atoms with Gasteiger partial charge >= 0.3 is 0 Å². The van der Waals surface area contributed by atoms with E-state index in [4.69, 9.17) is 10.6 Å². The van der Waals surface area contributed by atoms with E-state index in [1.807, 2.05) is 31.3 Å². The van der Waals surface area contributed by atoms with E-state index in [0.717, 1.165) is 18.4 Å². The lowest BCUT2D eigenvalue weighted by molar-refractivity contribution is -0.127. The fraction of sp³-hybridized carbons (Fsp3) is 0.400. The van der Waals surface area contributed by atoms with E-state index in [1.54, 1.807) is 12.0 Å². The second-order valence-corrected chi connectivity index (χ2v) is 6.34. The first-order valence-electron chi connectivity index (χ1n) is 7.34. The van der Waals surface area contributed by atoms with Crippen molar-refractivity contribution in [3.05, 3.63) is 24.3 Å². The first-order chi connectivity index (χ1) is 11.1. The van der Waals surface area contributed by atoms with Crippen LogP contribution in [0.25, 0.3) is 11.4 Å². The molecular weight excluding hydrogens is 314 g/mol. The molecule has 1 aromatic heterocycles. The molecule has 1 saturated carbocycles. The van der Waals surface area contributed by atoms with Crippen LogP contribution >= 0.6 is 11.8 Å². The van der Waals surface area contributed by atoms with Crippen LogP contribution in [-0.2, 0) is 4.79 Å². The van der Waals surface area contributed by atoms with Crippen molar-refractivity contribution in [3.8, 4) is 17.1 Å². The van der Waals surface area contributed by atoms with Crippen LogP contribution in [0.15, 0.2) is 29.4 Å². The maximum atomic E-state index is 12.1. The SMILES string of the molecule is COc1ccccc1-c1nnc(SCC(=O)N(C)C2CC2)n1N. The summed E-state index contributed by atoms with van der Waals surface area (Å²) >= 11 is 1.29. The monoisotopic (exact) mass is 333 g/mol. The number of hydrogen-bond acceptors (Lipinski definition) is 6. The molecule has 1 heterocycles. The number of aromatic nitrogens is 3. The van der Waals surface area contributed by atoms with Gasteiger partial charge in [-0.1, -0.05) is 23.9 Å². The largest absolute Gasteiger partial charge is 0.496 e. The Balaban J connectivity index is 1.73. The summed E-state index contributed by atoms with van der Waals surface area (Å²) < 4.78 is 6.72. The lowest BCUT2D eigenvalue weighted by Gasteiger charge is -2.15. The van der Waals surface area contributed by atoms with Crippen LogP contribution in [0.2, 0.25) is 0 Å². The summed E-state index contributed by atoms with van der Waals surface area (Å²) in [4.78, 5) is 13.9. The molecule has 1 fully saturated rings. The van der Waals surface area contributed by atoms with Gasteiger partial charge in [-0.15, -0.1) is 10.2 Å². The highest BCUT2D eigenvalue weighted by Gasteiger charge is 2.29. The molecule has 2 aromatic rings. The van der Waals surface area contributed by atoms with Crippen LogP contribution in [0.3, 0.4) is 0 Å². The summed E-state index contributed by atoms with van der Waals surface area (Å²) in [6, 6.07) is 7.87. The van der Waals surface area contributed by atoms with Gasteiger partial charge in [0.25, 0.3) is 0 Å². The number of nitrogens with zero attached hydrogens (tertiary/aromatic N) is 4. The molecule has 122 valence electrons. The van der Waals surface area contributed by atoms with E-state index in [9.17, 15) is 4.79 Å². The molecule has 2 N–H and O–H groups in total. The van der Waals surface area contributed by atoms with Gasteiger partial charge in [0, 0.05) is 13.1 Å². The number of para-hydroxylation sites is 1. The van der Waals surface area contributed by atoms with Gasteiger partial charge < -0.3 is 15.5 Å². The Morgan fingerprint density at radius 3 is 2.87 bits per heavy atom. The summed E-state index contributed by atoms with van der Waals surface area (Å²) in [5.41, 5.74) is 0.762. The highest BCUT2D eigenvalue weighted by molar-refractivity contribution is 7.99. The van der Waals surface area contributed by atoms with Gasteiger partial charge in [0.05, 0.1) is 18.4 Å². The number of carbonyl (C=O) groups excluding carboxylic acids is 1. The molecule has 0 bridgehead atoms. The predicted octanol–water partition coefficient (Wildman–Crippen LogP) is 1.38. The first kappa shape index (κ1) is 15.7. The second kappa shape index (κ2) is 6.49. The zero-order chi connectivity index (χ0) is 16.4. The normalized spacial score (nSPS) is 13.8. The predicted molar refractivity (Wildman–Crippen MR) is 88.7 cm³/mol. The molecule has 0 saturated heterocycles. The summed E-state index contributed by atoms with van der Waals surface area (Å²) in [5, 5.41) is 8.71. The molecule has 7 nitrogen and oxygen atoms in total. The van der Waals surface area contributed by atoms with E-state index in [0.29, 0.717) is 28.5 Å². The van der Waals surface area contributed by atoms with Crippen LogP contribution in [-0.4, -0.2) is 51.6 Å². The van der Waals surface area contributed by atoms with Gasteiger partial charge in [0.2, 0.25) is 11.1 Å². The average Bonchev–Trinajstić information content (AvgIpc) is 3.36. The molecule has 0 spiro atoms. The standard InChI is InChI=1S/C15H19N5O2S/c1-19(10-7-8-10)13(21)9-23-15-18-17-14(20(15)16)11-5-3-4-6-12(11)22-2/h3-6,10H,7-9,16H2,1-2H3. The van der Waals surface area contributed by atoms with Crippen LogP contribution in [0, 0.1) is 0 Å². The number of carbonyl (C=O) groups is 1. The third kappa shape index (κ3) is 3.26. The fourth-order valence-electron chi connectivity index (χ4n) is 2.28. The summed E-state index contributed by atoms with van der Waals surface area (Å²) in [6.07, 6.45) is 2.19. The Labute approximate surface area is 138 Å². The maximum Gasteiger partial charge on any atom is 0.233 e. The van der Waals surface area contributed by atoms with E-state index in [-0.39, 0.29) is 5.91 Å². The molecular formula is C15H19N5O2S. The smallest absolute Gasteiger partial charge is 0.233 e. The van der Waals surface area contributed by atoms with Crippen LogP contribution < -0.4 is 10.6 Å². The first-order valence-corrected chi connectivity index (χ1v) is 8.32. The van der Waals surface area contributed by atoms with E-state index in [2.05, 4.69) is 10.2 Å². The van der Waals surface area contributed by atoms with Crippen molar-refractivity contribution in [1.29, 1.82) is 0 Å². The minimum atomic E-state index is 0.0827. The Kier molecular flexibility index (Phi) is 4.42. The van der Waals surface area contributed by atoms with Crippen molar-refractivity contribution in [1.82, 2.24) is 19.8 Å². The molecule has 1 aromatic carbocycles. The molecule has 1 amide bonds. The highest BCUT2D eigenvalue weighted by Crippen LogP contribution is 2.30. The van der Waals surface area contributed by atoms with Crippen molar-refractivity contribution in [2.75, 3.05) is 25.8 Å². The van der Waals surface area contributed by atoms with Gasteiger partial charge in [-0.25, -0.2) is 4.68 Å². The van der Waals surface area contributed by atoms with Crippen molar-refractivity contribution in [2.45, 2.75) is 24.0 Å². The summed E-state index contributed by atoms with van der Waals surface area (Å²) in [5.74, 6) is 7.65. The number of rotatable bonds is 6. The maximum absolute atomic E-state index is 12.1. The Hall–Kier alpha value is -2.22. The van der Waals surface area contributed by atoms with Crippen LogP contribution in [0.1, 0.15) is 12.8 Å². The van der Waals surface area contributed by atoms with Crippen LogP contribution in [0.4, 0.5) is 0 Å². The van der Waals surface area contributed by atoms with Gasteiger partial charge in [0.15, 0.2) is 5.82 Å². The third-order valence-electron chi connectivity index (χ3n) is 3.83. The Bertz CT molecular complexity index is 714. The van der Waals surface area contributed by atoms with E-state index in [1.165, 1.54) is 16.4 Å². The third-order valence-corrected chi connectivity index (χ3v) is 4.75. The van der Waals surface area contributed by atoms with E-state index < -0.39 is 0 Å². The number of nitrogens with two attached hydrogens (primary N) is 1. The number of methoxy groups -OCH3 is 1. The number of thioether (sulfide) groups is 1. The fourth-order valence-corrected chi connectivity index (χ4v) is 3.06. The van der Waals surface area contributed by atoms with Gasteiger partial charge in [-0.2, -0.15) is 0 Å². The number of amides is 1. The minimum absolute atomic E-state index is 0.0827. The lowest BCUT2D eigenvalue weighted by atomic mass is 10.2. The quantitative estimate of drug-likeness (QED) is 0.635. The average molecular weight is 333 g/mol. The zero-order valence-electron chi connectivity index (χ0n) is 13.1. The number of hydrogen-bond donors (Lipinski definition) is 1. The topological polar surface area (TPSA) is 86.3 Å². The lowest BCUT2D eigenvalue weighted by Crippen LogP contribution is -2.30. The molecule has 1 aliphatic carbocycles. The van der Waals surface area contributed by atoms with Crippen molar-refractivity contribution in [2.24, 2.45) is 0 Å². The second-order valence-electron chi connectivity index (χ2n) is 5.40. The van der Waals surface area contributed by atoms with Gasteiger partial charge in [0.1, 0.15) is 5.75 Å². The van der Waals surface area contributed by atoms with Crippen molar-refractivity contribution < 1.29 is 9.53 Å². The molecule has 0 aliphatic heterocycles. The van der Waals surface area contributed by atoms with Crippen molar-refractivity contribution >= 4 is 17.7 Å². The van der Waals surface area contributed by atoms with Crippen LogP contribution in [0.5, 0.6) is 5.75 Å². The molecule has 23 heavy (non-hydrogen) atoms. The zero-order valence-corrected chi connectivity index (χ0v) is 13.9. The molecule has 0 unspecified atom stereocenters. The molecule has 0 radical (unpaired) electrons. The number of nitrogen functional groups attached to an aromatic ring is 1. The van der Waals surface area contributed by atoms with Gasteiger partial charge in [-0.3, -0.25) is 4.79 Å². The molecule has 3 rings (SSSR count). The minimum Gasteiger partial charge on any atom is -0.496 e. The highest BCUT2D eigenvalue weighted by atomic mass is 32.2. The van der Waals surface area contributed by atoms with E-state index >= 15 is 0 Å². The molecule has 1 aliphatic rings. The summed E-state index contributed by atoms with van der Waals surface area (Å²) in [7, 11) is 3.44. The number of ether oxygens (including phenoxy) is 1. The van der Waals surface area contributed by atoms with Crippen molar-refractivity contribution in [3.63, 3.8) is 0 Å². The van der Waals surface area contributed by atoms with Gasteiger partial charge in [-0.05, 0) is 25.0 Å². The summed E-state index contributed by atoms with van der Waals surface area (Å²) in [6.45, 7) is 0. The Morgan fingerprint density at radius 1 is 1.43 bits per heavy atom. The molecule has 8 heteroatoms. The number of benzene rings is 1. The molecule has 0 atom stereocenters. The Morgan fingerprint density at radius 2 is 2.17 bits per heavy atom.